The van der Waals surface area contributed by atoms with E-state index in [4.69, 9.17) is 5.11 Å². The summed E-state index contributed by atoms with van der Waals surface area (Å²) in [7, 11) is 0. The fourth-order valence-electron chi connectivity index (χ4n) is 1.81. The minimum Gasteiger partial charge on any atom is -0.396 e. The summed E-state index contributed by atoms with van der Waals surface area (Å²) in [6, 6.07) is 5.14. The second-order valence-electron chi connectivity index (χ2n) is 5.65. The number of nitro groups is 1. The number of rotatable bonds is 8. The minimum atomic E-state index is -0.392. The average Bonchev–Trinajstić information content (AvgIpc) is 2.39. The van der Waals surface area contributed by atoms with Crippen LogP contribution in [0, 0.1) is 15.5 Å². The van der Waals surface area contributed by atoms with Crippen molar-refractivity contribution in [2.75, 3.05) is 13.2 Å². The number of aliphatic hydroxyl groups is 1. The molecule has 5 nitrogen and oxygen atoms in total. The van der Waals surface area contributed by atoms with Crippen molar-refractivity contribution in [1.29, 1.82) is 0 Å². The molecule has 20 heavy (non-hydrogen) atoms. The van der Waals surface area contributed by atoms with E-state index < -0.39 is 4.92 Å². The lowest BCUT2D eigenvalue weighted by atomic mass is 9.89. The lowest BCUT2D eigenvalue weighted by Gasteiger charge is -2.21. The molecule has 2 N–H and O–H groups in total. The van der Waals surface area contributed by atoms with Gasteiger partial charge in [0.1, 0.15) is 0 Å². The van der Waals surface area contributed by atoms with Crippen molar-refractivity contribution in [3.05, 3.63) is 38.3 Å². The fourth-order valence-corrected chi connectivity index (χ4v) is 2.20. The second kappa shape index (κ2) is 7.71. The maximum absolute atomic E-state index is 10.8. The maximum Gasteiger partial charge on any atom is 0.283 e. The van der Waals surface area contributed by atoms with Crippen LogP contribution in [0.25, 0.3) is 0 Å². The largest absolute Gasteiger partial charge is 0.396 e. The number of aliphatic hydroxyl groups excluding tert-OH is 1. The van der Waals surface area contributed by atoms with E-state index in [1.165, 1.54) is 0 Å². The number of halogens is 1. The number of nitrogens with one attached hydrogen (secondary N) is 1. The van der Waals surface area contributed by atoms with E-state index in [1.807, 2.05) is 19.9 Å². The first-order valence-electron chi connectivity index (χ1n) is 6.60. The van der Waals surface area contributed by atoms with E-state index in [0.29, 0.717) is 11.0 Å². The third kappa shape index (κ3) is 5.56. The second-order valence-corrected chi connectivity index (χ2v) is 6.50. The molecule has 0 spiro atoms. The van der Waals surface area contributed by atoms with Crippen LogP contribution in [0.5, 0.6) is 0 Å². The molecule has 0 unspecified atom stereocenters. The van der Waals surface area contributed by atoms with Gasteiger partial charge < -0.3 is 10.4 Å². The van der Waals surface area contributed by atoms with Crippen LogP contribution in [0.3, 0.4) is 0 Å². The van der Waals surface area contributed by atoms with Gasteiger partial charge >= 0.3 is 0 Å². The number of hydrogen-bond donors (Lipinski definition) is 2. The van der Waals surface area contributed by atoms with Crippen molar-refractivity contribution in [3.63, 3.8) is 0 Å². The first kappa shape index (κ1) is 17.1. The topological polar surface area (TPSA) is 75.4 Å². The van der Waals surface area contributed by atoms with Crippen molar-refractivity contribution >= 4 is 21.6 Å². The van der Waals surface area contributed by atoms with Crippen molar-refractivity contribution in [2.45, 2.75) is 33.2 Å². The van der Waals surface area contributed by atoms with Gasteiger partial charge in [-0.25, -0.2) is 0 Å². The molecule has 0 saturated carbocycles. The van der Waals surface area contributed by atoms with Crippen LogP contribution in [0.15, 0.2) is 22.7 Å². The zero-order valence-electron chi connectivity index (χ0n) is 11.9. The van der Waals surface area contributed by atoms with Gasteiger partial charge in [0.2, 0.25) is 0 Å². The van der Waals surface area contributed by atoms with E-state index in [0.717, 1.165) is 24.9 Å². The highest BCUT2D eigenvalue weighted by molar-refractivity contribution is 9.10. The van der Waals surface area contributed by atoms with E-state index in [1.54, 1.807) is 12.1 Å². The third-order valence-corrected chi connectivity index (χ3v) is 3.84. The lowest BCUT2D eigenvalue weighted by Crippen LogP contribution is -2.20. The highest BCUT2D eigenvalue weighted by Crippen LogP contribution is 2.25. The van der Waals surface area contributed by atoms with Crippen LogP contribution in [-0.2, 0) is 6.54 Å². The molecule has 112 valence electrons. The number of hydrogen-bond acceptors (Lipinski definition) is 4. The van der Waals surface area contributed by atoms with Crippen LogP contribution < -0.4 is 5.32 Å². The summed E-state index contributed by atoms with van der Waals surface area (Å²) in [5.41, 5.74) is 0.935. The SMILES string of the molecule is CC(C)(CO)CCCNCc1ccc(Br)c([N+](=O)[O-])c1. The molecular weight excluding hydrogens is 324 g/mol. The summed E-state index contributed by atoms with van der Waals surface area (Å²) in [6.45, 7) is 5.68. The Morgan fingerprint density at radius 3 is 2.75 bits per heavy atom. The van der Waals surface area contributed by atoms with Crippen molar-refractivity contribution in [1.82, 2.24) is 5.32 Å². The van der Waals surface area contributed by atoms with Gasteiger partial charge in [-0.2, -0.15) is 0 Å². The van der Waals surface area contributed by atoms with Gasteiger partial charge in [-0.3, -0.25) is 10.1 Å². The molecule has 0 aliphatic carbocycles. The van der Waals surface area contributed by atoms with Crippen LogP contribution in [0.2, 0.25) is 0 Å². The summed E-state index contributed by atoms with van der Waals surface area (Å²) >= 11 is 3.17. The minimum absolute atomic E-state index is 0.0436. The first-order chi connectivity index (χ1) is 9.35. The molecule has 1 aromatic rings. The number of nitrogens with zero attached hydrogens (tertiary/aromatic N) is 1. The number of nitro benzene ring substituents is 1. The molecule has 1 rings (SSSR count). The van der Waals surface area contributed by atoms with Crippen LogP contribution in [0.1, 0.15) is 32.3 Å². The van der Waals surface area contributed by atoms with Gasteiger partial charge in [0.15, 0.2) is 0 Å². The van der Waals surface area contributed by atoms with E-state index in [2.05, 4.69) is 21.2 Å². The Bertz CT molecular complexity index is 464. The van der Waals surface area contributed by atoms with Gasteiger partial charge in [0.25, 0.3) is 5.69 Å². The molecule has 0 bridgehead atoms. The Labute approximate surface area is 127 Å². The molecule has 0 radical (unpaired) electrons. The molecule has 0 aliphatic rings. The molecule has 0 aliphatic heterocycles. The van der Waals surface area contributed by atoms with Gasteiger partial charge in [0.05, 0.1) is 9.40 Å². The molecule has 0 aromatic heterocycles. The zero-order chi connectivity index (χ0) is 15.2. The molecule has 0 fully saturated rings. The summed E-state index contributed by atoms with van der Waals surface area (Å²) in [6.07, 6.45) is 1.91. The van der Waals surface area contributed by atoms with Gasteiger partial charge in [-0.05, 0) is 52.4 Å². The fraction of sp³-hybridized carbons (Fsp3) is 0.571. The third-order valence-electron chi connectivity index (χ3n) is 3.17. The Hall–Kier alpha value is -0.980. The Morgan fingerprint density at radius 1 is 1.45 bits per heavy atom. The first-order valence-corrected chi connectivity index (χ1v) is 7.39. The van der Waals surface area contributed by atoms with Crippen LogP contribution in [-0.4, -0.2) is 23.2 Å². The molecule has 1 aromatic carbocycles. The monoisotopic (exact) mass is 344 g/mol. The standard InChI is InChI=1S/C14H21BrN2O3/c1-14(2,10-18)6-3-7-16-9-11-4-5-12(15)13(8-11)17(19)20/h4-5,8,16,18H,3,6-7,9-10H2,1-2H3. The summed E-state index contributed by atoms with van der Waals surface area (Å²) in [5, 5.41) is 23.2. The van der Waals surface area contributed by atoms with E-state index in [-0.39, 0.29) is 17.7 Å². The smallest absolute Gasteiger partial charge is 0.283 e. The molecular formula is C14H21BrN2O3. The van der Waals surface area contributed by atoms with E-state index >= 15 is 0 Å². The molecule has 0 saturated heterocycles. The Balaban J connectivity index is 2.40. The molecule has 0 heterocycles. The molecule has 0 amide bonds. The van der Waals surface area contributed by atoms with Crippen molar-refractivity contribution in [2.24, 2.45) is 5.41 Å². The Morgan fingerprint density at radius 2 is 2.15 bits per heavy atom. The van der Waals surface area contributed by atoms with Crippen LogP contribution >= 0.6 is 15.9 Å². The quantitative estimate of drug-likeness (QED) is 0.431. The summed E-state index contributed by atoms with van der Waals surface area (Å²) < 4.78 is 0.496. The number of benzene rings is 1. The zero-order valence-corrected chi connectivity index (χ0v) is 13.4. The van der Waals surface area contributed by atoms with Gasteiger partial charge in [-0.1, -0.05) is 19.9 Å². The predicted octanol–water partition coefficient (Wildman–Crippen LogP) is 3.25. The normalized spacial score (nSPS) is 11.6. The average molecular weight is 345 g/mol. The molecule has 6 heteroatoms. The Kier molecular flexibility index (Phi) is 6.58. The highest BCUT2D eigenvalue weighted by atomic mass is 79.9. The predicted molar refractivity (Wildman–Crippen MR) is 82.6 cm³/mol. The van der Waals surface area contributed by atoms with Gasteiger partial charge in [-0.15, -0.1) is 0 Å². The van der Waals surface area contributed by atoms with E-state index in [9.17, 15) is 10.1 Å². The van der Waals surface area contributed by atoms with Gasteiger partial charge in [0, 0.05) is 19.2 Å². The summed E-state index contributed by atoms with van der Waals surface area (Å²) in [5.74, 6) is 0. The summed E-state index contributed by atoms with van der Waals surface area (Å²) in [4.78, 5) is 10.4. The highest BCUT2D eigenvalue weighted by Gasteiger charge is 2.15. The van der Waals surface area contributed by atoms with Crippen molar-refractivity contribution < 1.29 is 10.0 Å². The lowest BCUT2D eigenvalue weighted by molar-refractivity contribution is -0.385. The van der Waals surface area contributed by atoms with Crippen molar-refractivity contribution in [3.8, 4) is 0 Å². The van der Waals surface area contributed by atoms with Crippen LogP contribution in [0.4, 0.5) is 5.69 Å². The maximum atomic E-state index is 10.8. The molecule has 0 atom stereocenters.